The average molecular weight is 239 g/mol. The minimum absolute atomic E-state index is 0.405. The molecule has 0 saturated carbocycles. The first-order valence-electron chi connectivity index (χ1n) is 5.53. The molecule has 0 atom stereocenters. The standard InChI is InChI=1S/C14H13N3O/c1-10-3-2-4-11(7-10)13(15)5-6-14-16-8-12(9-18)17-14/h2-9,15H,1H3,(H,16,17)/b6-5-,15-13?. The average Bonchev–Trinajstić information content (AvgIpc) is 2.84. The molecule has 4 nitrogen and oxygen atoms in total. The van der Waals surface area contributed by atoms with Gasteiger partial charge in [0.2, 0.25) is 0 Å². The summed E-state index contributed by atoms with van der Waals surface area (Å²) in [5, 5.41) is 7.93. The number of aromatic amines is 1. The van der Waals surface area contributed by atoms with E-state index in [1.165, 1.54) is 6.20 Å². The summed E-state index contributed by atoms with van der Waals surface area (Å²) in [7, 11) is 0. The first-order chi connectivity index (χ1) is 8.69. The van der Waals surface area contributed by atoms with Crippen LogP contribution in [0.1, 0.15) is 27.4 Å². The normalized spacial score (nSPS) is 10.7. The van der Waals surface area contributed by atoms with E-state index in [1.54, 1.807) is 12.2 Å². The van der Waals surface area contributed by atoms with Gasteiger partial charge in [0.25, 0.3) is 0 Å². The number of aryl methyl sites for hydroxylation is 1. The number of rotatable bonds is 4. The molecule has 2 aromatic rings. The lowest BCUT2D eigenvalue weighted by molar-refractivity contribution is 0.111. The number of benzene rings is 1. The maximum Gasteiger partial charge on any atom is 0.167 e. The molecule has 2 rings (SSSR count). The van der Waals surface area contributed by atoms with E-state index in [2.05, 4.69) is 9.97 Å². The van der Waals surface area contributed by atoms with Crippen LogP contribution in [0.2, 0.25) is 0 Å². The molecule has 0 amide bonds. The topological polar surface area (TPSA) is 69.6 Å². The summed E-state index contributed by atoms with van der Waals surface area (Å²) in [6, 6.07) is 7.75. The van der Waals surface area contributed by atoms with Gasteiger partial charge in [0.15, 0.2) is 6.29 Å². The highest BCUT2D eigenvalue weighted by atomic mass is 16.1. The Bertz CT molecular complexity index is 611. The number of nitrogens with one attached hydrogen (secondary N) is 2. The fourth-order valence-electron chi connectivity index (χ4n) is 1.57. The molecule has 1 heterocycles. The van der Waals surface area contributed by atoms with Gasteiger partial charge in [-0.05, 0) is 30.7 Å². The van der Waals surface area contributed by atoms with Crippen molar-refractivity contribution in [2.45, 2.75) is 6.92 Å². The lowest BCUT2D eigenvalue weighted by Crippen LogP contribution is -1.94. The Hall–Kier alpha value is -2.49. The van der Waals surface area contributed by atoms with Crippen molar-refractivity contribution in [1.29, 1.82) is 5.41 Å². The second-order valence-electron chi connectivity index (χ2n) is 3.96. The Morgan fingerprint density at radius 1 is 1.44 bits per heavy atom. The predicted octanol–water partition coefficient (Wildman–Crippen LogP) is 2.61. The second kappa shape index (κ2) is 5.23. The summed E-state index contributed by atoms with van der Waals surface area (Å²) in [6.07, 6.45) is 5.50. The quantitative estimate of drug-likeness (QED) is 0.636. The summed E-state index contributed by atoms with van der Waals surface area (Å²) in [6.45, 7) is 1.99. The van der Waals surface area contributed by atoms with Crippen molar-refractivity contribution in [2.75, 3.05) is 0 Å². The predicted molar refractivity (Wildman–Crippen MR) is 71.0 cm³/mol. The van der Waals surface area contributed by atoms with E-state index in [1.807, 2.05) is 31.2 Å². The number of allylic oxidation sites excluding steroid dienone is 1. The van der Waals surface area contributed by atoms with Gasteiger partial charge in [-0.1, -0.05) is 23.8 Å². The van der Waals surface area contributed by atoms with Gasteiger partial charge >= 0.3 is 0 Å². The zero-order valence-corrected chi connectivity index (χ0v) is 9.97. The number of hydrogen-bond donors (Lipinski definition) is 2. The Kier molecular flexibility index (Phi) is 3.48. The lowest BCUT2D eigenvalue weighted by Gasteiger charge is -1.99. The zero-order valence-electron chi connectivity index (χ0n) is 9.97. The zero-order chi connectivity index (χ0) is 13.0. The number of carbonyl (C=O) groups is 1. The van der Waals surface area contributed by atoms with Crippen LogP contribution in [-0.2, 0) is 0 Å². The molecule has 0 fully saturated rings. The minimum atomic E-state index is 0.405. The number of nitrogens with zero attached hydrogens (tertiary/aromatic N) is 1. The second-order valence-corrected chi connectivity index (χ2v) is 3.96. The molecule has 1 aromatic carbocycles. The van der Waals surface area contributed by atoms with Crippen LogP contribution >= 0.6 is 0 Å². The van der Waals surface area contributed by atoms with Crippen LogP contribution in [0.5, 0.6) is 0 Å². The van der Waals surface area contributed by atoms with Crippen molar-refractivity contribution in [2.24, 2.45) is 0 Å². The van der Waals surface area contributed by atoms with Crippen molar-refractivity contribution in [3.05, 3.63) is 59.2 Å². The van der Waals surface area contributed by atoms with Gasteiger partial charge in [0.05, 0.1) is 17.6 Å². The maximum absolute atomic E-state index is 10.5. The van der Waals surface area contributed by atoms with Gasteiger partial charge in [-0.3, -0.25) is 4.79 Å². The molecule has 2 N–H and O–H groups in total. The number of hydrogen-bond acceptors (Lipinski definition) is 3. The first kappa shape index (κ1) is 12.0. The van der Waals surface area contributed by atoms with Crippen molar-refractivity contribution in [3.63, 3.8) is 0 Å². The van der Waals surface area contributed by atoms with Crippen molar-refractivity contribution in [1.82, 2.24) is 9.97 Å². The lowest BCUT2D eigenvalue weighted by atomic mass is 10.1. The Balaban J connectivity index is 2.13. The monoisotopic (exact) mass is 239 g/mol. The molecule has 18 heavy (non-hydrogen) atoms. The molecular weight excluding hydrogens is 226 g/mol. The van der Waals surface area contributed by atoms with Gasteiger partial charge in [-0.25, -0.2) is 4.98 Å². The van der Waals surface area contributed by atoms with E-state index < -0.39 is 0 Å². The fourth-order valence-corrected chi connectivity index (χ4v) is 1.57. The molecule has 0 saturated heterocycles. The molecule has 0 aliphatic heterocycles. The van der Waals surface area contributed by atoms with Crippen LogP contribution in [0.25, 0.3) is 6.08 Å². The molecule has 4 heteroatoms. The largest absolute Gasteiger partial charge is 0.336 e. The smallest absolute Gasteiger partial charge is 0.167 e. The molecule has 0 radical (unpaired) electrons. The summed E-state index contributed by atoms with van der Waals surface area (Å²) in [5.41, 5.74) is 2.81. The Morgan fingerprint density at radius 2 is 2.28 bits per heavy atom. The summed E-state index contributed by atoms with van der Waals surface area (Å²) in [4.78, 5) is 17.3. The van der Waals surface area contributed by atoms with E-state index in [0.717, 1.165) is 11.1 Å². The third-order valence-electron chi connectivity index (χ3n) is 2.48. The van der Waals surface area contributed by atoms with E-state index in [4.69, 9.17) is 5.41 Å². The maximum atomic E-state index is 10.5. The third kappa shape index (κ3) is 2.79. The Labute approximate surface area is 105 Å². The van der Waals surface area contributed by atoms with Gasteiger partial charge in [0, 0.05) is 0 Å². The molecule has 0 bridgehead atoms. The molecule has 0 spiro atoms. The van der Waals surface area contributed by atoms with Crippen molar-refractivity contribution < 1.29 is 4.79 Å². The van der Waals surface area contributed by atoms with Crippen LogP contribution in [0, 0.1) is 12.3 Å². The number of H-pyrrole nitrogens is 1. The van der Waals surface area contributed by atoms with Crippen LogP contribution < -0.4 is 0 Å². The number of aromatic nitrogens is 2. The van der Waals surface area contributed by atoms with E-state index in [0.29, 0.717) is 23.5 Å². The SMILES string of the molecule is Cc1cccc(C(=N)/C=C\c2ncc(C=O)[nH]2)c1. The summed E-state index contributed by atoms with van der Waals surface area (Å²) in [5.74, 6) is 0.564. The van der Waals surface area contributed by atoms with Crippen LogP contribution in [0.4, 0.5) is 0 Å². The van der Waals surface area contributed by atoms with Crippen LogP contribution in [0.15, 0.2) is 36.5 Å². The third-order valence-corrected chi connectivity index (χ3v) is 2.48. The molecule has 1 aromatic heterocycles. The number of aldehydes is 1. The highest BCUT2D eigenvalue weighted by Gasteiger charge is 1.99. The highest BCUT2D eigenvalue weighted by Crippen LogP contribution is 2.06. The number of imidazole rings is 1. The summed E-state index contributed by atoms with van der Waals surface area (Å²) >= 11 is 0. The van der Waals surface area contributed by atoms with Crippen molar-refractivity contribution >= 4 is 18.1 Å². The first-order valence-corrected chi connectivity index (χ1v) is 5.53. The van der Waals surface area contributed by atoms with Gasteiger partial charge in [0.1, 0.15) is 5.82 Å². The van der Waals surface area contributed by atoms with E-state index >= 15 is 0 Å². The van der Waals surface area contributed by atoms with Gasteiger partial charge in [-0.15, -0.1) is 0 Å². The molecule has 0 aliphatic rings. The summed E-state index contributed by atoms with van der Waals surface area (Å²) < 4.78 is 0. The van der Waals surface area contributed by atoms with E-state index in [-0.39, 0.29) is 0 Å². The van der Waals surface area contributed by atoms with Gasteiger partial charge in [-0.2, -0.15) is 0 Å². The van der Waals surface area contributed by atoms with Gasteiger partial charge < -0.3 is 10.4 Å². The van der Waals surface area contributed by atoms with Crippen molar-refractivity contribution in [3.8, 4) is 0 Å². The molecule has 0 unspecified atom stereocenters. The Morgan fingerprint density at radius 3 is 2.94 bits per heavy atom. The van der Waals surface area contributed by atoms with E-state index in [9.17, 15) is 4.79 Å². The fraction of sp³-hybridized carbons (Fsp3) is 0.0714. The minimum Gasteiger partial charge on any atom is -0.336 e. The number of carbonyl (C=O) groups excluding carboxylic acids is 1. The molecule has 0 aliphatic carbocycles. The van der Waals surface area contributed by atoms with Crippen LogP contribution in [-0.4, -0.2) is 22.0 Å². The highest BCUT2D eigenvalue weighted by molar-refractivity contribution is 6.08. The van der Waals surface area contributed by atoms with Crippen LogP contribution in [0.3, 0.4) is 0 Å². The molecule has 90 valence electrons. The molecular formula is C14H13N3O.